The summed E-state index contributed by atoms with van der Waals surface area (Å²) < 4.78 is 36.7. The molecule has 72 valence electrons. The van der Waals surface area contributed by atoms with Gasteiger partial charge in [0, 0.05) is 6.20 Å². The van der Waals surface area contributed by atoms with Crippen LogP contribution in [0.25, 0.3) is 0 Å². The van der Waals surface area contributed by atoms with Crippen LogP contribution in [0.5, 0.6) is 0 Å². The number of aromatic nitrogens is 1. The van der Waals surface area contributed by atoms with Gasteiger partial charge in [-0.2, -0.15) is 18.7 Å². The Hall–Kier alpha value is -1.14. The van der Waals surface area contributed by atoms with Crippen molar-refractivity contribution >= 4 is 0 Å². The molecule has 6 heteroatoms. The lowest BCUT2D eigenvalue weighted by molar-refractivity contribution is -0.138. The van der Waals surface area contributed by atoms with E-state index >= 15 is 0 Å². The second-order valence-corrected chi connectivity index (χ2v) is 2.33. The van der Waals surface area contributed by atoms with Gasteiger partial charge in [-0.25, -0.2) is 0 Å². The second kappa shape index (κ2) is 3.71. The van der Waals surface area contributed by atoms with Crippen molar-refractivity contribution in [2.75, 3.05) is 0 Å². The van der Waals surface area contributed by atoms with Crippen molar-refractivity contribution in [1.82, 2.24) is 10.5 Å². The first-order valence-corrected chi connectivity index (χ1v) is 3.43. The number of nitrogens with one attached hydrogen (secondary N) is 1. The molecule has 0 saturated heterocycles. The Bertz CT molecular complexity index is 287. The van der Waals surface area contributed by atoms with Crippen LogP contribution in [-0.4, -0.2) is 10.2 Å². The predicted molar refractivity (Wildman–Crippen MR) is 37.9 cm³/mol. The van der Waals surface area contributed by atoms with Crippen LogP contribution in [0.15, 0.2) is 18.3 Å². The molecule has 1 heterocycles. The standard InChI is InChI=1S/C7H7F3N2O/c8-7(9,10)5-2-1-3-11-6(5)4-12-13/h1-3,12-13H,4H2. The molecule has 0 saturated carbocycles. The smallest absolute Gasteiger partial charge is 0.316 e. The van der Waals surface area contributed by atoms with Crippen molar-refractivity contribution in [3.63, 3.8) is 0 Å². The number of rotatable bonds is 2. The van der Waals surface area contributed by atoms with Gasteiger partial charge in [-0.1, -0.05) is 0 Å². The number of hydroxylamine groups is 1. The molecule has 0 aliphatic carbocycles. The van der Waals surface area contributed by atoms with Crippen molar-refractivity contribution in [1.29, 1.82) is 0 Å². The van der Waals surface area contributed by atoms with Crippen LogP contribution in [-0.2, 0) is 12.7 Å². The van der Waals surface area contributed by atoms with E-state index in [1.165, 1.54) is 12.3 Å². The molecule has 3 nitrogen and oxygen atoms in total. The van der Waals surface area contributed by atoms with Gasteiger partial charge in [0.2, 0.25) is 0 Å². The topological polar surface area (TPSA) is 45.1 Å². The molecule has 0 spiro atoms. The molecule has 0 amide bonds. The largest absolute Gasteiger partial charge is 0.418 e. The third kappa shape index (κ3) is 2.40. The average Bonchev–Trinajstić information content (AvgIpc) is 2.04. The van der Waals surface area contributed by atoms with Gasteiger partial charge in [0.25, 0.3) is 0 Å². The quantitative estimate of drug-likeness (QED) is 0.699. The molecule has 2 N–H and O–H groups in total. The van der Waals surface area contributed by atoms with Crippen LogP contribution in [0, 0.1) is 0 Å². The van der Waals surface area contributed by atoms with E-state index in [0.717, 1.165) is 6.07 Å². The van der Waals surface area contributed by atoms with Crippen LogP contribution in [0.3, 0.4) is 0 Å². The fraction of sp³-hybridized carbons (Fsp3) is 0.286. The molecule has 0 fully saturated rings. The monoisotopic (exact) mass is 192 g/mol. The summed E-state index contributed by atoms with van der Waals surface area (Å²) in [5.41, 5.74) is 0.573. The summed E-state index contributed by atoms with van der Waals surface area (Å²) in [5, 5.41) is 8.25. The number of hydrogen-bond acceptors (Lipinski definition) is 3. The maximum atomic E-state index is 12.2. The van der Waals surface area contributed by atoms with Crippen molar-refractivity contribution in [3.05, 3.63) is 29.6 Å². The molecule has 0 aliphatic heterocycles. The Kier molecular flexibility index (Phi) is 2.84. The molecule has 0 bridgehead atoms. The van der Waals surface area contributed by atoms with E-state index < -0.39 is 11.7 Å². The second-order valence-electron chi connectivity index (χ2n) is 2.33. The van der Waals surface area contributed by atoms with Gasteiger partial charge >= 0.3 is 6.18 Å². The lowest BCUT2D eigenvalue weighted by Crippen LogP contribution is -2.15. The molecule has 0 atom stereocenters. The maximum Gasteiger partial charge on any atom is 0.418 e. The zero-order chi connectivity index (χ0) is 9.90. The van der Waals surface area contributed by atoms with E-state index in [1.807, 2.05) is 0 Å². The zero-order valence-corrected chi connectivity index (χ0v) is 6.47. The van der Waals surface area contributed by atoms with Crippen LogP contribution < -0.4 is 5.48 Å². The van der Waals surface area contributed by atoms with Gasteiger partial charge in [0.15, 0.2) is 0 Å². The number of pyridine rings is 1. The Morgan fingerprint density at radius 2 is 2.15 bits per heavy atom. The first kappa shape index (κ1) is 9.94. The summed E-state index contributed by atoms with van der Waals surface area (Å²) in [4.78, 5) is 3.49. The molecule has 1 rings (SSSR count). The van der Waals surface area contributed by atoms with Crippen LogP contribution >= 0.6 is 0 Å². The SMILES string of the molecule is ONCc1ncccc1C(F)(F)F. The van der Waals surface area contributed by atoms with E-state index in [0.29, 0.717) is 0 Å². The number of alkyl halides is 3. The molecular formula is C7H7F3N2O. The molecule has 0 unspecified atom stereocenters. The zero-order valence-electron chi connectivity index (χ0n) is 6.47. The summed E-state index contributed by atoms with van der Waals surface area (Å²) in [6, 6.07) is 2.11. The summed E-state index contributed by atoms with van der Waals surface area (Å²) >= 11 is 0. The summed E-state index contributed by atoms with van der Waals surface area (Å²) in [7, 11) is 0. The highest BCUT2D eigenvalue weighted by Gasteiger charge is 2.33. The minimum atomic E-state index is -4.43. The van der Waals surface area contributed by atoms with Crippen LogP contribution in [0.2, 0.25) is 0 Å². The highest BCUT2D eigenvalue weighted by Crippen LogP contribution is 2.30. The van der Waals surface area contributed by atoms with Gasteiger partial charge in [-0.05, 0) is 12.1 Å². The molecule has 0 aromatic carbocycles. The van der Waals surface area contributed by atoms with Gasteiger partial charge in [-0.15, -0.1) is 0 Å². The first-order chi connectivity index (χ1) is 6.05. The van der Waals surface area contributed by atoms with E-state index in [2.05, 4.69) is 4.98 Å². The van der Waals surface area contributed by atoms with Crippen molar-refractivity contribution in [3.8, 4) is 0 Å². The van der Waals surface area contributed by atoms with Gasteiger partial charge in [0.1, 0.15) is 0 Å². The summed E-state index contributed by atoms with van der Waals surface area (Å²) in [6.07, 6.45) is -3.19. The van der Waals surface area contributed by atoms with E-state index in [-0.39, 0.29) is 12.2 Å². The Balaban J connectivity index is 3.05. The molecule has 0 radical (unpaired) electrons. The fourth-order valence-electron chi connectivity index (χ4n) is 0.912. The van der Waals surface area contributed by atoms with Gasteiger partial charge < -0.3 is 5.21 Å². The Labute approximate surface area is 72.2 Å². The lowest BCUT2D eigenvalue weighted by Gasteiger charge is -2.10. The summed E-state index contributed by atoms with van der Waals surface area (Å²) in [5.74, 6) is 0. The highest BCUT2D eigenvalue weighted by molar-refractivity contribution is 5.22. The Morgan fingerprint density at radius 3 is 2.69 bits per heavy atom. The minimum absolute atomic E-state index is 0.225. The minimum Gasteiger partial charge on any atom is -0.316 e. The van der Waals surface area contributed by atoms with Gasteiger partial charge in [0.05, 0.1) is 17.8 Å². The molecule has 1 aromatic heterocycles. The highest BCUT2D eigenvalue weighted by atomic mass is 19.4. The van der Waals surface area contributed by atoms with E-state index in [9.17, 15) is 13.2 Å². The maximum absolute atomic E-state index is 12.2. The average molecular weight is 192 g/mol. The van der Waals surface area contributed by atoms with Crippen molar-refractivity contribution < 1.29 is 18.4 Å². The fourth-order valence-corrected chi connectivity index (χ4v) is 0.912. The normalized spacial score (nSPS) is 11.7. The molecule has 1 aromatic rings. The van der Waals surface area contributed by atoms with Crippen LogP contribution in [0.1, 0.15) is 11.3 Å². The van der Waals surface area contributed by atoms with Crippen LogP contribution in [0.4, 0.5) is 13.2 Å². The van der Waals surface area contributed by atoms with Crippen molar-refractivity contribution in [2.45, 2.75) is 12.7 Å². The third-order valence-electron chi connectivity index (χ3n) is 1.44. The van der Waals surface area contributed by atoms with E-state index in [4.69, 9.17) is 5.21 Å². The first-order valence-electron chi connectivity index (χ1n) is 3.43. The van der Waals surface area contributed by atoms with Gasteiger partial charge in [-0.3, -0.25) is 4.98 Å². The number of hydrogen-bond donors (Lipinski definition) is 2. The summed E-state index contributed by atoms with van der Waals surface area (Å²) in [6.45, 7) is -0.324. The molecular weight excluding hydrogens is 185 g/mol. The van der Waals surface area contributed by atoms with Crippen molar-refractivity contribution in [2.24, 2.45) is 0 Å². The number of halogens is 3. The molecule has 13 heavy (non-hydrogen) atoms. The number of nitrogens with zero attached hydrogens (tertiary/aromatic N) is 1. The predicted octanol–water partition coefficient (Wildman–Crippen LogP) is 1.58. The third-order valence-corrected chi connectivity index (χ3v) is 1.44. The molecule has 0 aliphatic rings. The Morgan fingerprint density at radius 1 is 1.46 bits per heavy atom. The van der Waals surface area contributed by atoms with E-state index in [1.54, 1.807) is 5.48 Å². The lowest BCUT2D eigenvalue weighted by atomic mass is 10.2.